The molecule has 1 amide bonds. The lowest BCUT2D eigenvalue weighted by molar-refractivity contribution is 0.102. The molecule has 0 atom stereocenters. The fourth-order valence-electron chi connectivity index (χ4n) is 2.73. The molecule has 4 aromatic rings. The van der Waals surface area contributed by atoms with Crippen LogP contribution in [0.3, 0.4) is 0 Å². The number of carbonyl (C=O) groups is 1. The lowest BCUT2D eigenvalue weighted by atomic mass is 10.1. The van der Waals surface area contributed by atoms with Crippen molar-refractivity contribution in [3.8, 4) is 11.3 Å². The molecule has 2 aromatic carbocycles. The number of sulfonamides is 1. The Bertz CT molecular complexity index is 1290. The van der Waals surface area contributed by atoms with E-state index in [2.05, 4.69) is 20.1 Å². The summed E-state index contributed by atoms with van der Waals surface area (Å²) in [6.07, 6.45) is 1.06. The van der Waals surface area contributed by atoms with Gasteiger partial charge in [0, 0.05) is 22.2 Å². The van der Waals surface area contributed by atoms with Gasteiger partial charge in [-0.05, 0) is 31.2 Å². The summed E-state index contributed by atoms with van der Waals surface area (Å²) in [5.74, 6) is -0.181. The Balaban J connectivity index is 1.53. The molecule has 148 valence electrons. The Morgan fingerprint density at radius 1 is 1.07 bits per heavy atom. The maximum Gasteiger partial charge on any atom is 0.258 e. The molecule has 4 rings (SSSR count). The van der Waals surface area contributed by atoms with Crippen molar-refractivity contribution in [3.63, 3.8) is 0 Å². The zero-order chi connectivity index (χ0) is 20.6. The molecule has 0 radical (unpaired) electrons. The molecule has 10 heteroatoms. The second-order valence-electron chi connectivity index (χ2n) is 6.52. The van der Waals surface area contributed by atoms with Crippen molar-refractivity contribution in [2.75, 3.05) is 16.3 Å². The highest BCUT2D eigenvalue weighted by Crippen LogP contribution is 2.26. The lowest BCUT2D eigenvalue weighted by Crippen LogP contribution is -2.14. The van der Waals surface area contributed by atoms with E-state index in [0.717, 1.165) is 17.5 Å². The Morgan fingerprint density at radius 2 is 1.76 bits per heavy atom. The smallest absolute Gasteiger partial charge is 0.258 e. The fraction of sp³-hybridized carbons (Fsp3) is 0.105. The molecule has 0 aliphatic rings. The van der Waals surface area contributed by atoms with E-state index in [9.17, 15) is 13.2 Å². The largest absolute Gasteiger partial charge is 0.289 e. The third kappa shape index (κ3) is 4.28. The first-order chi connectivity index (χ1) is 13.8. The summed E-state index contributed by atoms with van der Waals surface area (Å²) < 4.78 is 26.6. The highest BCUT2D eigenvalue weighted by atomic mass is 32.2. The van der Waals surface area contributed by atoms with Gasteiger partial charge in [-0.3, -0.25) is 14.8 Å². The van der Waals surface area contributed by atoms with E-state index in [0.29, 0.717) is 16.2 Å². The average Bonchev–Trinajstić information content (AvgIpc) is 3.22. The monoisotopic (exact) mass is 427 g/mol. The van der Waals surface area contributed by atoms with E-state index < -0.39 is 10.0 Å². The van der Waals surface area contributed by atoms with Gasteiger partial charge in [0.15, 0.2) is 0 Å². The number of fused-ring (bicyclic) bond motifs is 1. The molecule has 0 spiro atoms. The molecule has 2 aromatic heterocycles. The first kappa shape index (κ1) is 19.1. The van der Waals surface area contributed by atoms with Crippen LogP contribution in [0.2, 0.25) is 0 Å². The molecule has 0 unspecified atom stereocenters. The van der Waals surface area contributed by atoms with Gasteiger partial charge >= 0.3 is 0 Å². The number of carbonyl (C=O) groups excluding carboxylic acids is 1. The maximum atomic E-state index is 12.5. The summed E-state index contributed by atoms with van der Waals surface area (Å²) in [7, 11) is -3.37. The van der Waals surface area contributed by atoms with Crippen molar-refractivity contribution in [1.82, 2.24) is 14.6 Å². The van der Waals surface area contributed by atoms with Gasteiger partial charge < -0.3 is 0 Å². The van der Waals surface area contributed by atoms with Gasteiger partial charge in [-0.2, -0.15) is 4.98 Å². The fourth-order valence-corrected chi connectivity index (χ4v) is 4.13. The van der Waals surface area contributed by atoms with Crippen molar-refractivity contribution in [3.05, 3.63) is 65.0 Å². The zero-order valence-corrected chi connectivity index (χ0v) is 17.2. The van der Waals surface area contributed by atoms with Crippen LogP contribution in [0.4, 0.5) is 11.6 Å². The molecule has 0 saturated heterocycles. The zero-order valence-electron chi connectivity index (χ0n) is 15.6. The summed E-state index contributed by atoms with van der Waals surface area (Å²) in [4.78, 5) is 17.5. The number of benzene rings is 2. The summed E-state index contributed by atoms with van der Waals surface area (Å²) >= 11 is 1.44. The van der Waals surface area contributed by atoms with E-state index in [4.69, 9.17) is 0 Å². The summed E-state index contributed by atoms with van der Waals surface area (Å²) in [5.41, 5.74) is 3.82. The molecule has 2 N–H and O–H groups in total. The van der Waals surface area contributed by atoms with E-state index in [-0.39, 0.29) is 11.9 Å². The maximum absolute atomic E-state index is 12.5. The Labute approximate surface area is 171 Å². The number of rotatable bonds is 5. The molecule has 0 fully saturated rings. The lowest BCUT2D eigenvalue weighted by Gasteiger charge is -2.05. The number of nitrogens with zero attached hydrogens (tertiary/aromatic N) is 3. The minimum absolute atomic E-state index is 0.202. The molecule has 0 aliphatic carbocycles. The summed E-state index contributed by atoms with van der Waals surface area (Å²) in [6.45, 7) is 2.03. The van der Waals surface area contributed by atoms with E-state index in [1.165, 1.54) is 41.2 Å². The van der Waals surface area contributed by atoms with E-state index in [1.54, 1.807) is 4.52 Å². The molecular formula is C19H17N5O3S2. The predicted molar refractivity (Wildman–Crippen MR) is 114 cm³/mol. The van der Waals surface area contributed by atoms with E-state index >= 15 is 0 Å². The number of amides is 1. The second-order valence-corrected chi connectivity index (χ2v) is 9.11. The van der Waals surface area contributed by atoms with Crippen molar-refractivity contribution in [2.45, 2.75) is 6.92 Å². The number of nitrogens with one attached hydrogen (secondary N) is 2. The van der Waals surface area contributed by atoms with Crippen LogP contribution in [-0.2, 0) is 10.0 Å². The van der Waals surface area contributed by atoms with Crippen LogP contribution in [0.25, 0.3) is 16.2 Å². The third-order valence-electron chi connectivity index (χ3n) is 4.10. The van der Waals surface area contributed by atoms with Gasteiger partial charge in [-0.15, -0.1) is 16.4 Å². The summed E-state index contributed by atoms with van der Waals surface area (Å²) in [5, 5.41) is 9.04. The molecule has 0 aliphatic heterocycles. The topological polar surface area (TPSA) is 105 Å². The molecule has 29 heavy (non-hydrogen) atoms. The standard InChI is InChI=1S/C19H17N5O3S2/c1-12-3-5-13(6-4-12)16-11-28-19-21-18(22-24(16)19)20-17(25)14-7-9-15(10-8-14)23-29(2,26)27/h3-11,23H,1-2H3,(H,20,22,25). The van der Waals surface area contributed by atoms with Crippen LogP contribution < -0.4 is 10.0 Å². The van der Waals surface area contributed by atoms with Crippen molar-refractivity contribution < 1.29 is 13.2 Å². The SMILES string of the molecule is Cc1ccc(-c2csc3nc(NC(=O)c4ccc(NS(C)(=O)=O)cc4)nn23)cc1. The molecule has 8 nitrogen and oxygen atoms in total. The minimum Gasteiger partial charge on any atom is -0.289 e. The number of thiazole rings is 1. The summed E-state index contributed by atoms with van der Waals surface area (Å²) in [6, 6.07) is 14.2. The first-order valence-electron chi connectivity index (χ1n) is 8.59. The van der Waals surface area contributed by atoms with Crippen molar-refractivity contribution in [1.29, 1.82) is 0 Å². The molecule has 0 bridgehead atoms. The average molecular weight is 428 g/mol. The molecule has 0 saturated carbocycles. The van der Waals surface area contributed by atoms with Gasteiger partial charge in [0.1, 0.15) is 0 Å². The van der Waals surface area contributed by atoms with Crippen LogP contribution in [0.5, 0.6) is 0 Å². The minimum atomic E-state index is -3.37. The molecule has 2 heterocycles. The van der Waals surface area contributed by atoms with Gasteiger partial charge in [-0.1, -0.05) is 29.8 Å². The number of aryl methyl sites for hydroxylation is 1. The van der Waals surface area contributed by atoms with Crippen LogP contribution >= 0.6 is 11.3 Å². The Hall–Kier alpha value is -3.24. The normalized spacial score (nSPS) is 11.5. The van der Waals surface area contributed by atoms with Crippen LogP contribution in [-0.4, -0.2) is 35.2 Å². The van der Waals surface area contributed by atoms with Crippen LogP contribution in [0.15, 0.2) is 53.9 Å². The Kier molecular flexibility index (Phi) is 4.81. The predicted octanol–water partition coefficient (Wildman–Crippen LogP) is 3.39. The highest BCUT2D eigenvalue weighted by molar-refractivity contribution is 7.92. The first-order valence-corrected chi connectivity index (χ1v) is 11.4. The number of anilines is 2. The number of aromatic nitrogens is 3. The van der Waals surface area contributed by atoms with Crippen LogP contribution in [0.1, 0.15) is 15.9 Å². The molecular weight excluding hydrogens is 410 g/mol. The second kappa shape index (κ2) is 7.30. The quantitative estimate of drug-likeness (QED) is 0.508. The highest BCUT2D eigenvalue weighted by Gasteiger charge is 2.14. The van der Waals surface area contributed by atoms with E-state index in [1.807, 2.05) is 36.6 Å². The van der Waals surface area contributed by atoms with Gasteiger partial charge in [0.25, 0.3) is 11.9 Å². The van der Waals surface area contributed by atoms with Gasteiger partial charge in [-0.25, -0.2) is 12.9 Å². The Morgan fingerprint density at radius 3 is 2.41 bits per heavy atom. The number of hydrogen-bond acceptors (Lipinski definition) is 6. The van der Waals surface area contributed by atoms with Gasteiger partial charge in [0.05, 0.1) is 11.9 Å². The van der Waals surface area contributed by atoms with Gasteiger partial charge in [0.2, 0.25) is 15.0 Å². The third-order valence-corrected chi connectivity index (χ3v) is 5.53. The van der Waals surface area contributed by atoms with Crippen molar-refractivity contribution >= 4 is 43.9 Å². The number of hydrogen-bond donors (Lipinski definition) is 2. The van der Waals surface area contributed by atoms with Crippen LogP contribution in [0, 0.1) is 6.92 Å². The van der Waals surface area contributed by atoms with Crippen molar-refractivity contribution in [2.24, 2.45) is 0 Å².